The molecule has 0 radical (unpaired) electrons. The minimum Gasteiger partial charge on any atom is -0.484 e. The molecule has 1 aliphatic rings. The van der Waals surface area contributed by atoms with Crippen LogP contribution in [0.3, 0.4) is 0 Å². The molecule has 4 rings (SSSR count). The van der Waals surface area contributed by atoms with Gasteiger partial charge in [-0.15, -0.1) is 10.2 Å². The van der Waals surface area contributed by atoms with Gasteiger partial charge in [0, 0.05) is 24.7 Å². The van der Waals surface area contributed by atoms with Gasteiger partial charge in [0.25, 0.3) is 11.8 Å². The Morgan fingerprint density at radius 3 is 2.88 bits per heavy atom. The fourth-order valence-corrected chi connectivity index (χ4v) is 4.45. The number of amides is 2. The quantitative estimate of drug-likeness (QED) is 0.608. The molecule has 2 aromatic carbocycles. The molecule has 1 saturated heterocycles. The van der Waals surface area contributed by atoms with E-state index >= 15 is 0 Å². The Hall–Kier alpha value is -3.33. The number of rotatable bonds is 6. The third-order valence-corrected chi connectivity index (χ3v) is 6.28. The Balaban J connectivity index is 1.34. The molecule has 0 spiro atoms. The number of ether oxygens (including phenoxy) is 1. The number of aryl methyl sites for hydroxylation is 1. The zero-order chi connectivity index (χ0) is 22.5. The van der Waals surface area contributed by atoms with Crippen molar-refractivity contribution in [3.05, 3.63) is 69.9 Å². The number of hydrogen-bond acceptors (Lipinski definition) is 6. The average Bonchev–Trinajstić information content (AvgIpc) is 3.28. The third kappa shape index (κ3) is 5.47. The van der Waals surface area contributed by atoms with E-state index in [1.165, 1.54) is 29.5 Å². The van der Waals surface area contributed by atoms with Crippen LogP contribution >= 0.6 is 11.3 Å². The van der Waals surface area contributed by atoms with E-state index in [1.807, 2.05) is 31.2 Å². The van der Waals surface area contributed by atoms with Crippen molar-refractivity contribution in [2.75, 3.05) is 25.0 Å². The van der Waals surface area contributed by atoms with E-state index in [0.29, 0.717) is 29.5 Å². The fraction of sp³-hybridized carbons (Fsp3) is 0.304. The van der Waals surface area contributed by atoms with Crippen LogP contribution in [0.2, 0.25) is 0 Å². The lowest BCUT2D eigenvalue weighted by molar-refractivity contribution is -0.134. The maximum atomic E-state index is 13.3. The summed E-state index contributed by atoms with van der Waals surface area (Å²) < 4.78 is 19.0. The summed E-state index contributed by atoms with van der Waals surface area (Å²) in [6.07, 6.45) is 1.70. The first-order valence-electron chi connectivity index (χ1n) is 10.4. The van der Waals surface area contributed by atoms with Gasteiger partial charge < -0.3 is 15.0 Å². The average molecular weight is 455 g/mol. The number of halogens is 1. The van der Waals surface area contributed by atoms with E-state index in [4.69, 9.17) is 4.74 Å². The summed E-state index contributed by atoms with van der Waals surface area (Å²) in [6, 6.07) is 13.3. The molecule has 2 amide bonds. The zero-order valence-electron chi connectivity index (χ0n) is 17.6. The summed E-state index contributed by atoms with van der Waals surface area (Å²) in [5, 5.41) is 11.7. The highest BCUT2D eigenvalue weighted by Gasteiger charge is 2.28. The number of benzene rings is 2. The summed E-state index contributed by atoms with van der Waals surface area (Å²) in [4.78, 5) is 26.9. The van der Waals surface area contributed by atoms with E-state index < -0.39 is 11.7 Å². The molecule has 2 heterocycles. The van der Waals surface area contributed by atoms with Crippen molar-refractivity contribution < 1.29 is 18.7 Å². The number of nitrogens with zero attached hydrogens (tertiary/aromatic N) is 3. The summed E-state index contributed by atoms with van der Waals surface area (Å²) in [6.45, 7) is 3.13. The molecule has 9 heteroatoms. The van der Waals surface area contributed by atoms with Crippen molar-refractivity contribution in [1.82, 2.24) is 15.1 Å². The second-order valence-corrected chi connectivity index (χ2v) is 8.70. The van der Waals surface area contributed by atoms with Crippen molar-refractivity contribution in [3.63, 3.8) is 0 Å². The van der Waals surface area contributed by atoms with E-state index in [-0.39, 0.29) is 23.4 Å². The normalized spacial score (nSPS) is 15.9. The van der Waals surface area contributed by atoms with Crippen LogP contribution in [0.1, 0.15) is 39.1 Å². The molecule has 3 aromatic rings. The molecule has 1 aromatic heterocycles. The molecule has 0 bridgehead atoms. The number of carbonyl (C=O) groups is 2. The molecule has 1 atom stereocenters. The van der Waals surface area contributed by atoms with Crippen LogP contribution in [-0.2, 0) is 4.79 Å². The molecular weight excluding hydrogens is 431 g/mol. The lowest BCUT2D eigenvalue weighted by Gasteiger charge is -2.31. The van der Waals surface area contributed by atoms with Gasteiger partial charge in [0.15, 0.2) is 6.61 Å². The first kappa shape index (κ1) is 21.9. The first-order valence-corrected chi connectivity index (χ1v) is 11.2. The van der Waals surface area contributed by atoms with E-state index in [0.717, 1.165) is 18.4 Å². The Morgan fingerprint density at radius 2 is 2.06 bits per heavy atom. The highest BCUT2D eigenvalue weighted by molar-refractivity contribution is 7.13. The Labute approximate surface area is 189 Å². The van der Waals surface area contributed by atoms with Gasteiger partial charge in [0.1, 0.15) is 16.6 Å². The molecule has 1 N–H and O–H groups in total. The molecule has 1 aliphatic heterocycles. The Kier molecular flexibility index (Phi) is 6.75. The van der Waals surface area contributed by atoms with Crippen LogP contribution in [0.4, 0.5) is 10.1 Å². The monoisotopic (exact) mass is 454 g/mol. The van der Waals surface area contributed by atoms with Crippen LogP contribution < -0.4 is 10.1 Å². The Bertz CT molecular complexity index is 1120. The largest absolute Gasteiger partial charge is 0.484 e. The molecule has 166 valence electrons. The maximum absolute atomic E-state index is 13.3. The van der Waals surface area contributed by atoms with Gasteiger partial charge in [-0.2, -0.15) is 0 Å². The van der Waals surface area contributed by atoms with E-state index in [2.05, 4.69) is 15.5 Å². The second-order valence-electron chi connectivity index (χ2n) is 7.69. The molecule has 1 fully saturated rings. The fourth-order valence-electron chi connectivity index (χ4n) is 3.59. The minimum absolute atomic E-state index is 0.0138. The van der Waals surface area contributed by atoms with Gasteiger partial charge in [0.2, 0.25) is 5.01 Å². The molecule has 0 aliphatic carbocycles. The highest BCUT2D eigenvalue weighted by atomic mass is 32.1. The predicted molar refractivity (Wildman–Crippen MR) is 119 cm³/mol. The van der Waals surface area contributed by atoms with Crippen molar-refractivity contribution >= 4 is 28.8 Å². The first-order chi connectivity index (χ1) is 15.5. The smallest absolute Gasteiger partial charge is 0.286 e. The topological polar surface area (TPSA) is 84.4 Å². The van der Waals surface area contributed by atoms with Crippen molar-refractivity contribution in [2.45, 2.75) is 25.7 Å². The molecule has 32 heavy (non-hydrogen) atoms. The van der Waals surface area contributed by atoms with Crippen molar-refractivity contribution in [2.24, 2.45) is 0 Å². The number of nitrogens with one attached hydrogen (secondary N) is 1. The van der Waals surface area contributed by atoms with Crippen LogP contribution in [0.15, 0.2) is 48.5 Å². The maximum Gasteiger partial charge on any atom is 0.286 e. The van der Waals surface area contributed by atoms with E-state index in [9.17, 15) is 14.0 Å². The SMILES string of the molecule is Cc1cccc(OCC(=O)N2CCC[C@H](c3nnc(C(=O)Nc4cccc(F)c4)s3)C2)c1. The molecule has 7 nitrogen and oxygen atoms in total. The standard InChI is InChI=1S/C23H23FN4O3S/c1-15-5-2-9-19(11-15)31-14-20(29)28-10-4-6-16(13-28)22-26-27-23(32-22)21(30)25-18-8-3-7-17(24)12-18/h2-3,5,7-9,11-12,16H,4,6,10,13-14H2,1H3,(H,25,30)/t16-/m0/s1. The van der Waals surface area contributed by atoms with Crippen molar-refractivity contribution in [3.8, 4) is 5.75 Å². The lowest BCUT2D eigenvalue weighted by Crippen LogP contribution is -2.41. The van der Waals surface area contributed by atoms with Gasteiger partial charge in [-0.1, -0.05) is 29.5 Å². The number of aromatic nitrogens is 2. The van der Waals surface area contributed by atoms with E-state index in [1.54, 1.807) is 11.0 Å². The number of likely N-dealkylation sites (tertiary alicyclic amines) is 1. The number of hydrogen-bond donors (Lipinski definition) is 1. The predicted octanol–water partition coefficient (Wildman–Crippen LogP) is 4.02. The summed E-state index contributed by atoms with van der Waals surface area (Å²) in [5.74, 6) is -0.261. The van der Waals surface area contributed by atoms with Gasteiger partial charge in [-0.3, -0.25) is 9.59 Å². The third-order valence-electron chi connectivity index (χ3n) is 5.19. The molecule has 0 unspecified atom stereocenters. The second kappa shape index (κ2) is 9.86. The zero-order valence-corrected chi connectivity index (χ0v) is 18.4. The summed E-state index contributed by atoms with van der Waals surface area (Å²) in [5.41, 5.74) is 1.43. The van der Waals surface area contributed by atoms with Crippen molar-refractivity contribution in [1.29, 1.82) is 0 Å². The summed E-state index contributed by atoms with van der Waals surface area (Å²) >= 11 is 1.20. The molecular formula is C23H23FN4O3S. The number of carbonyl (C=O) groups excluding carboxylic acids is 2. The van der Waals surface area contributed by atoms with Crippen LogP contribution in [0, 0.1) is 12.7 Å². The van der Waals surface area contributed by atoms with Gasteiger partial charge in [-0.25, -0.2) is 4.39 Å². The van der Waals surface area contributed by atoms with Gasteiger partial charge >= 0.3 is 0 Å². The number of anilines is 1. The highest BCUT2D eigenvalue weighted by Crippen LogP contribution is 2.29. The Morgan fingerprint density at radius 1 is 1.22 bits per heavy atom. The molecule has 0 saturated carbocycles. The van der Waals surface area contributed by atoms with Gasteiger partial charge in [0.05, 0.1) is 0 Å². The number of piperidine rings is 1. The van der Waals surface area contributed by atoms with Gasteiger partial charge in [-0.05, 0) is 55.7 Å². The minimum atomic E-state index is -0.436. The van der Waals surface area contributed by atoms with Crippen LogP contribution in [0.5, 0.6) is 5.75 Å². The summed E-state index contributed by atoms with van der Waals surface area (Å²) in [7, 11) is 0. The van der Waals surface area contributed by atoms with Crippen LogP contribution in [0.25, 0.3) is 0 Å². The lowest BCUT2D eigenvalue weighted by atomic mass is 9.99. The van der Waals surface area contributed by atoms with Crippen LogP contribution in [-0.4, -0.2) is 46.6 Å².